The quantitative estimate of drug-likeness (QED) is 0.370. The number of carbonyl (C=O) groups is 2. The van der Waals surface area contributed by atoms with Gasteiger partial charge in [0.15, 0.2) is 5.69 Å². The lowest BCUT2D eigenvalue weighted by atomic mass is 10.0. The smallest absolute Gasteiger partial charge is 0.354 e. The van der Waals surface area contributed by atoms with Gasteiger partial charge in [0.05, 0.1) is 18.5 Å². The Balaban J connectivity index is 1.42. The van der Waals surface area contributed by atoms with E-state index in [-0.39, 0.29) is 11.7 Å². The van der Waals surface area contributed by atoms with Crippen LogP contribution in [0.15, 0.2) is 41.7 Å². The van der Waals surface area contributed by atoms with Crippen molar-refractivity contribution < 1.29 is 24.3 Å². The molecule has 1 aromatic carbocycles. The van der Waals surface area contributed by atoms with Crippen LogP contribution in [-0.2, 0) is 4.84 Å². The average molecular weight is 469 g/mol. The Morgan fingerprint density at radius 3 is 2.71 bits per heavy atom. The van der Waals surface area contributed by atoms with Crippen LogP contribution in [0.3, 0.4) is 0 Å². The minimum atomic E-state index is -1.09. The molecule has 1 unspecified atom stereocenters. The Morgan fingerprint density at radius 1 is 1.24 bits per heavy atom. The number of hydrogen-bond donors (Lipinski definition) is 1. The Bertz CT molecular complexity index is 1010. The van der Waals surface area contributed by atoms with Crippen LogP contribution < -0.4 is 9.64 Å². The summed E-state index contributed by atoms with van der Waals surface area (Å²) in [6.45, 7) is 8.67. The van der Waals surface area contributed by atoms with Crippen molar-refractivity contribution in [2.45, 2.75) is 33.6 Å². The molecule has 1 aliphatic rings. The number of amides is 2. The van der Waals surface area contributed by atoms with Gasteiger partial charge in [0, 0.05) is 31.4 Å². The Kier molecular flexibility index (Phi) is 8.84. The minimum absolute atomic E-state index is 0.0225. The lowest BCUT2D eigenvalue weighted by molar-refractivity contribution is 0.0689. The third kappa shape index (κ3) is 6.46. The first-order valence-electron chi connectivity index (χ1n) is 11.5. The zero-order valence-electron chi connectivity index (χ0n) is 19.9. The monoisotopic (exact) mass is 468 g/mol. The fraction of sp³-hybridized carbons (Fsp3) is 0.440. The van der Waals surface area contributed by atoms with Crippen LogP contribution >= 0.6 is 0 Å². The van der Waals surface area contributed by atoms with E-state index in [2.05, 4.69) is 17.1 Å². The summed E-state index contributed by atoms with van der Waals surface area (Å²) in [5.41, 5.74) is 2.03. The molecule has 0 bridgehead atoms. The predicted molar refractivity (Wildman–Crippen MR) is 130 cm³/mol. The summed E-state index contributed by atoms with van der Waals surface area (Å²) in [7, 11) is 0. The molecule has 2 amide bonds. The van der Waals surface area contributed by atoms with Crippen LogP contribution in [0.1, 0.15) is 48.3 Å². The van der Waals surface area contributed by atoms with Crippen molar-refractivity contribution in [3.8, 4) is 5.75 Å². The molecule has 2 heterocycles. The molecule has 1 saturated heterocycles. The topological polar surface area (TPSA) is 105 Å². The summed E-state index contributed by atoms with van der Waals surface area (Å²) in [5, 5.41) is 13.1. The van der Waals surface area contributed by atoms with Crippen LogP contribution in [0.2, 0.25) is 0 Å². The number of ether oxygens (including phenoxy) is 1. The normalized spacial score (nSPS) is 14.6. The molecule has 182 valence electrons. The summed E-state index contributed by atoms with van der Waals surface area (Å²) in [6, 6.07) is 9.27. The van der Waals surface area contributed by atoms with E-state index in [1.54, 1.807) is 24.1 Å². The average Bonchev–Trinajstić information content (AvgIpc) is 3.19. The molecule has 0 radical (unpaired) electrons. The van der Waals surface area contributed by atoms with Gasteiger partial charge in [-0.1, -0.05) is 12.1 Å². The Hall–Kier alpha value is -3.62. The number of pyridine rings is 1. The van der Waals surface area contributed by atoms with Crippen molar-refractivity contribution in [1.82, 2.24) is 9.88 Å². The van der Waals surface area contributed by atoms with E-state index < -0.39 is 5.97 Å². The zero-order chi connectivity index (χ0) is 24.5. The third-order valence-corrected chi connectivity index (χ3v) is 5.82. The van der Waals surface area contributed by atoms with E-state index in [1.807, 2.05) is 36.1 Å². The highest BCUT2D eigenvalue weighted by Crippen LogP contribution is 2.26. The van der Waals surface area contributed by atoms with Gasteiger partial charge >= 0.3 is 12.0 Å². The molecule has 9 nitrogen and oxygen atoms in total. The number of nitrogens with zero attached hydrogens (tertiary/aromatic N) is 4. The number of urea groups is 1. The van der Waals surface area contributed by atoms with Crippen LogP contribution in [-0.4, -0.2) is 66.1 Å². The lowest BCUT2D eigenvalue weighted by Crippen LogP contribution is -2.33. The number of aromatic carboxylic acids is 1. The van der Waals surface area contributed by atoms with E-state index in [0.29, 0.717) is 50.0 Å². The van der Waals surface area contributed by atoms with Crippen LogP contribution in [0.5, 0.6) is 5.75 Å². The maximum absolute atomic E-state index is 12.9. The molecule has 0 saturated carbocycles. The molecule has 34 heavy (non-hydrogen) atoms. The van der Waals surface area contributed by atoms with Crippen molar-refractivity contribution >= 4 is 23.9 Å². The second kappa shape index (κ2) is 12.0. The zero-order valence-corrected chi connectivity index (χ0v) is 19.9. The van der Waals surface area contributed by atoms with Crippen molar-refractivity contribution in [3.63, 3.8) is 0 Å². The molecule has 0 spiro atoms. The number of aromatic nitrogens is 1. The molecule has 1 aromatic heterocycles. The number of anilines is 1. The summed E-state index contributed by atoms with van der Waals surface area (Å²) >= 11 is 0. The Morgan fingerprint density at radius 2 is 2.00 bits per heavy atom. The van der Waals surface area contributed by atoms with Gasteiger partial charge in [-0.15, -0.1) is 0 Å². The number of carboxylic acid groups (broad SMARTS) is 1. The van der Waals surface area contributed by atoms with Gasteiger partial charge in [0.2, 0.25) is 0 Å². The molecule has 2 aromatic rings. The number of benzene rings is 1. The van der Waals surface area contributed by atoms with Crippen LogP contribution in [0, 0.1) is 12.8 Å². The van der Waals surface area contributed by atoms with Gasteiger partial charge in [-0.05, 0) is 68.5 Å². The standard InChI is InChI=1S/C25H32N4O5/c1-4-34-27-17-20-5-7-21(8-6-20)33-16-11-18(2)10-13-28-14-15-29(25(28)32)22-9-12-26-23(19(22)3)24(30)31/h5-9,12,17-18H,4,10-11,13-16H2,1-3H3,(H,30,31). The van der Waals surface area contributed by atoms with Gasteiger partial charge in [-0.2, -0.15) is 0 Å². The second-order valence-corrected chi connectivity index (χ2v) is 8.28. The summed E-state index contributed by atoms with van der Waals surface area (Å²) in [6.07, 6.45) is 4.85. The first-order chi connectivity index (χ1) is 16.4. The van der Waals surface area contributed by atoms with Crippen LogP contribution in [0.4, 0.5) is 10.5 Å². The SMILES string of the molecule is CCON=Cc1ccc(OCCC(C)CCN2CCN(c3ccnc(C(=O)O)c3C)C2=O)cc1. The first kappa shape index (κ1) is 25.0. The number of carboxylic acids is 1. The number of carbonyl (C=O) groups excluding carboxylic acids is 1. The molecule has 0 aliphatic carbocycles. The fourth-order valence-electron chi connectivity index (χ4n) is 3.77. The highest BCUT2D eigenvalue weighted by atomic mass is 16.6. The molecule has 9 heteroatoms. The molecular formula is C25H32N4O5. The van der Waals surface area contributed by atoms with Crippen molar-refractivity contribution in [3.05, 3.63) is 53.3 Å². The van der Waals surface area contributed by atoms with Gasteiger partial charge in [0.25, 0.3) is 0 Å². The lowest BCUT2D eigenvalue weighted by Gasteiger charge is -2.21. The molecule has 1 aliphatic heterocycles. The van der Waals surface area contributed by atoms with Crippen molar-refractivity contribution in [1.29, 1.82) is 0 Å². The Labute approximate surface area is 200 Å². The van der Waals surface area contributed by atoms with Crippen molar-refractivity contribution in [2.75, 3.05) is 37.7 Å². The number of hydrogen-bond acceptors (Lipinski definition) is 6. The van der Waals surface area contributed by atoms with Crippen molar-refractivity contribution in [2.24, 2.45) is 11.1 Å². The van der Waals surface area contributed by atoms with E-state index in [9.17, 15) is 14.7 Å². The van der Waals surface area contributed by atoms with Crippen LogP contribution in [0.25, 0.3) is 0 Å². The van der Waals surface area contributed by atoms with E-state index in [4.69, 9.17) is 9.57 Å². The van der Waals surface area contributed by atoms with E-state index >= 15 is 0 Å². The molecule has 1 fully saturated rings. The number of rotatable bonds is 12. The highest BCUT2D eigenvalue weighted by molar-refractivity contribution is 5.97. The molecule has 3 rings (SSSR count). The minimum Gasteiger partial charge on any atom is -0.494 e. The predicted octanol–water partition coefficient (Wildman–Crippen LogP) is 4.20. The van der Waals surface area contributed by atoms with E-state index in [0.717, 1.165) is 24.2 Å². The molecule has 1 N–H and O–H groups in total. The molecular weight excluding hydrogens is 436 g/mol. The van der Waals surface area contributed by atoms with Gasteiger partial charge < -0.3 is 19.6 Å². The second-order valence-electron chi connectivity index (χ2n) is 8.28. The summed E-state index contributed by atoms with van der Waals surface area (Å²) < 4.78 is 5.85. The van der Waals surface area contributed by atoms with Gasteiger partial charge in [0.1, 0.15) is 12.4 Å². The summed E-state index contributed by atoms with van der Waals surface area (Å²) in [5.74, 6) is 0.102. The van der Waals surface area contributed by atoms with Gasteiger partial charge in [-0.3, -0.25) is 4.90 Å². The summed E-state index contributed by atoms with van der Waals surface area (Å²) in [4.78, 5) is 36.6. The van der Waals surface area contributed by atoms with E-state index in [1.165, 1.54) is 6.20 Å². The first-order valence-corrected chi connectivity index (χ1v) is 11.5. The largest absolute Gasteiger partial charge is 0.494 e. The van der Waals surface area contributed by atoms with Gasteiger partial charge in [-0.25, -0.2) is 14.6 Å². The maximum Gasteiger partial charge on any atom is 0.354 e. The fourth-order valence-corrected chi connectivity index (χ4v) is 3.77. The molecule has 1 atom stereocenters. The maximum atomic E-state index is 12.9. The highest BCUT2D eigenvalue weighted by Gasteiger charge is 2.31. The number of oxime groups is 1. The third-order valence-electron chi connectivity index (χ3n) is 5.82.